The molecule has 0 aromatic heterocycles. The Kier molecular flexibility index (Phi) is 6.37. The third kappa shape index (κ3) is 3.74. The Hall–Kier alpha value is -0.0800. The summed E-state index contributed by atoms with van der Waals surface area (Å²) in [7, 11) is 2.25. The Morgan fingerprint density at radius 3 is 2.12 bits per heavy atom. The van der Waals surface area contributed by atoms with Crippen LogP contribution in [-0.2, 0) is 0 Å². The van der Waals surface area contributed by atoms with Crippen LogP contribution in [0.4, 0.5) is 0 Å². The topological polar surface area (TPSA) is 6.48 Å². The molecule has 0 aromatic rings. The molecular weight excluding hydrogens is 196 g/mol. The first kappa shape index (κ1) is 14.0. The van der Waals surface area contributed by atoms with Gasteiger partial charge in [-0.1, -0.05) is 20.8 Å². The molecule has 2 nitrogen and oxygen atoms in total. The second-order valence-electron chi connectivity index (χ2n) is 5.24. The minimum absolute atomic E-state index is 0.813. The Bertz CT molecular complexity index is 170. The van der Waals surface area contributed by atoms with E-state index in [1.54, 1.807) is 0 Å². The molecule has 1 aliphatic heterocycles. The molecule has 0 unspecified atom stereocenters. The van der Waals surface area contributed by atoms with Crippen molar-refractivity contribution in [2.24, 2.45) is 0 Å². The molecule has 0 aliphatic carbocycles. The Morgan fingerprint density at radius 1 is 1.12 bits per heavy atom. The molecule has 1 fully saturated rings. The standard InChI is InChI=1S/C14H30N2/c1-5-10-16(13(6-2)7-3)14-8-11-15(4)12-9-14/h13-14H,5-12H2,1-4H3. The highest BCUT2D eigenvalue weighted by molar-refractivity contribution is 4.82. The lowest BCUT2D eigenvalue weighted by molar-refractivity contribution is 0.0768. The van der Waals surface area contributed by atoms with E-state index in [1.165, 1.54) is 51.7 Å². The van der Waals surface area contributed by atoms with Gasteiger partial charge in [0.25, 0.3) is 0 Å². The van der Waals surface area contributed by atoms with Gasteiger partial charge in [0.15, 0.2) is 0 Å². The molecule has 0 N–H and O–H groups in total. The maximum Gasteiger partial charge on any atom is 0.0122 e. The van der Waals surface area contributed by atoms with Crippen LogP contribution < -0.4 is 0 Å². The summed E-state index contributed by atoms with van der Waals surface area (Å²) in [4.78, 5) is 5.26. The van der Waals surface area contributed by atoms with E-state index in [1.807, 2.05) is 0 Å². The van der Waals surface area contributed by atoms with Crippen LogP contribution in [0.25, 0.3) is 0 Å². The van der Waals surface area contributed by atoms with E-state index in [4.69, 9.17) is 0 Å². The van der Waals surface area contributed by atoms with Gasteiger partial charge in [-0.15, -0.1) is 0 Å². The summed E-state index contributed by atoms with van der Waals surface area (Å²) in [5.74, 6) is 0. The van der Waals surface area contributed by atoms with Crippen LogP contribution in [0.2, 0.25) is 0 Å². The van der Waals surface area contributed by atoms with Crippen LogP contribution >= 0.6 is 0 Å². The van der Waals surface area contributed by atoms with Gasteiger partial charge in [-0.3, -0.25) is 4.90 Å². The number of likely N-dealkylation sites (tertiary alicyclic amines) is 1. The molecule has 0 bridgehead atoms. The first-order valence-corrected chi connectivity index (χ1v) is 7.17. The van der Waals surface area contributed by atoms with Gasteiger partial charge in [0.2, 0.25) is 0 Å². The Labute approximate surface area is 102 Å². The zero-order chi connectivity index (χ0) is 12.0. The van der Waals surface area contributed by atoms with Crippen LogP contribution in [0, 0.1) is 0 Å². The summed E-state index contributed by atoms with van der Waals surface area (Å²) < 4.78 is 0. The lowest BCUT2D eigenvalue weighted by Gasteiger charge is -2.41. The van der Waals surface area contributed by atoms with Crippen LogP contribution in [0.5, 0.6) is 0 Å². The maximum absolute atomic E-state index is 2.80. The van der Waals surface area contributed by atoms with Crippen molar-refractivity contribution < 1.29 is 0 Å². The van der Waals surface area contributed by atoms with Crippen molar-refractivity contribution in [3.05, 3.63) is 0 Å². The average molecular weight is 226 g/mol. The fourth-order valence-electron chi connectivity index (χ4n) is 3.01. The van der Waals surface area contributed by atoms with E-state index >= 15 is 0 Å². The van der Waals surface area contributed by atoms with Gasteiger partial charge in [0, 0.05) is 12.1 Å². The van der Waals surface area contributed by atoms with Gasteiger partial charge in [-0.05, 0) is 58.8 Å². The SMILES string of the molecule is CCCN(C(CC)CC)C1CCN(C)CC1. The van der Waals surface area contributed by atoms with Crippen LogP contribution in [0.15, 0.2) is 0 Å². The third-order valence-electron chi connectivity index (χ3n) is 4.05. The number of hydrogen-bond donors (Lipinski definition) is 0. The smallest absolute Gasteiger partial charge is 0.0122 e. The molecular formula is C14H30N2. The van der Waals surface area contributed by atoms with Gasteiger partial charge in [-0.2, -0.15) is 0 Å². The van der Waals surface area contributed by atoms with Crippen molar-refractivity contribution in [2.45, 2.75) is 65.0 Å². The van der Waals surface area contributed by atoms with Gasteiger partial charge < -0.3 is 4.90 Å². The quantitative estimate of drug-likeness (QED) is 0.687. The lowest BCUT2D eigenvalue weighted by atomic mass is 9.99. The van der Waals surface area contributed by atoms with Crippen molar-refractivity contribution in [2.75, 3.05) is 26.7 Å². The molecule has 1 heterocycles. The van der Waals surface area contributed by atoms with E-state index < -0.39 is 0 Å². The maximum atomic E-state index is 2.80. The van der Waals surface area contributed by atoms with Crippen molar-refractivity contribution in [1.29, 1.82) is 0 Å². The normalized spacial score (nSPS) is 19.9. The number of piperidine rings is 1. The Morgan fingerprint density at radius 2 is 1.69 bits per heavy atom. The van der Waals surface area contributed by atoms with E-state index in [0.717, 1.165) is 12.1 Å². The molecule has 0 spiro atoms. The first-order chi connectivity index (χ1) is 7.72. The van der Waals surface area contributed by atoms with Crippen LogP contribution in [-0.4, -0.2) is 48.6 Å². The van der Waals surface area contributed by atoms with Crippen LogP contribution in [0.1, 0.15) is 52.9 Å². The van der Waals surface area contributed by atoms with Crippen molar-refractivity contribution in [3.8, 4) is 0 Å². The highest BCUT2D eigenvalue weighted by atomic mass is 15.2. The highest BCUT2D eigenvalue weighted by Gasteiger charge is 2.26. The van der Waals surface area contributed by atoms with Crippen molar-refractivity contribution >= 4 is 0 Å². The molecule has 0 aromatic carbocycles. The summed E-state index contributed by atoms with van der Waals surface area (Å²) in [5, 5.41) is 0. The molecule has 0 amide bonds. The summed E-state index contributed by atoms with van der Waals surface area (Å²) in [6, 6.07) is 1.66. The van der Waals surface area contributed by atoms with Crippen LogP contribution in [0.3, 0.4) is 0 Å². The predicted molar refractivity (Wildman–Crippen MR) is 71.9 cm³/mol. The summed E-state index contributed by atoms with van der Waals surface area (Å²) >= 11 is 0. The molecule has 1 rings (SSSR count). The Balaban J connectivity index is 2.54. The third-order valence-corrected chi connectivity index (χ3v) is 4.05. The molecule has 0 saturated carbocycles. The summed E-state index contributed by atoms with van der Waals surface area (Å²) in [5.41, 5.74) is 0. The molecule has 0 atom stereocenters. The first-order valence-electron chi connectivity index (χ1n) is 7.17. The zero-order valence-electron chi connectivity index (χ0n) is 11.7. The monoisotopic (exact) mass is 226 g/mol. The molecule has 1 saturated heterocycles. The molecule has 0 radical (unpaired) electrons. The molecule has 2 heteroatoms. The second-order valence-corrected chi connectivity index (χ2v) is 5.24. The molecule has 96 valence electrons. The fraction of sp³-hybridized carbons (Fsp3) is 1.00. The van der Waals surface area contributed by atoms with Gasteiger partial charge >= 0.3 is 0 Å². The number of hydrogen-bond acceptors (Lipinski definition) is 2. The fourth-order valence-corrected chi connectivity index (χ4v) is 3.01. The van der Waals surface area contributed by atoms with Crippen molar-refractivity contribution in [1.82, 2.24) is 9.80 Å². The zero-order valence-corrected chi connectivity index (χ0v) is 11.7. The van der Waals surface area contributed by atoms with Crippen molar-refractivity contribution in [3.63, 3.8) is 0 Å². The number of nitrogens with zero attached hydrogens (tertiary/aromatic N) is 2. The van der Waals surface area contributed by atoms with Gasteiger partial charge in [0.05, 0.1) is 0 Å². The van der Waals surface area contributed by atoms with Gasteiger partial charge in [-0.25, -0.2) is 0 Å². The minimum Gasteiger partial charge on any atom is -0.306 e. The van der Waals surface area contributed by atoms with Gasteiger partial charge in [0.1, 0.15) is 0 Å². The van der Waals surface area contributed by atoms with E-state index in [0.29, 0.717) is 0 Å². The largest absolute Gasteiger partial charge is 0.306 e. The summed E-state index contributed by atoms with van der Waals surface area (Å²) in [6.45, 7) is 10.8. The van der Waals surface area contributed by atoms with E-state index in [2.05, 4.69) is 37.6 Å². The second kappa shape index (κ2) is 7.29. The van der Waals surface area contributed by atoms with E-state index in [9.17, 15) is 0 Å². The lowest BCUT2D eigenvalue weighted by Crippen LogP contribution is -2.48. The molecule has 1 aliphatic rings. The highest BCUT2D eigenvalue weighted by Crippen LogP contribution is 2.21. The molecule has 16 heavy (non-hydrogen) atoms. The average Bonchev–Trinajstić information content (AvgIpc) is 2.31. The summed E-state index contributed by atoms with van der Waals surface area (Å²) in [6.07, 6.45) is 6.65. The number of rotatable bonds is 6. The minimum atomic E-state index is 0.813. The predicted octanol–water partition coefficient (Wildman–Crippen LogP) is 2.98. The van der Waals surface area contributed by atoms with E-state index in [-0.39, 0.29) is 0 Å².